The summed E-state index contributed by atoms with van der Waals surface area (Å²) < 4.78 is 0. The molecule has 1 atom stereocenters. The summed E-state index contributed by atoms with van der Waals surface area (Å²) in [6.45, 7) is 10.1. The highest BCUT2D eigenvalue weighted by molar-refractivity contribution is 5.79. The molecule has 0 fully saturated rings. The lowest BCUT2D eigenvalue weighted by molar-refractivity contribution is -0.143. The van der Waals surface area contributed by atoms with Crippen LogP contribution in [0.5, 0.6) is 0 Å². The molecule has 0 spiro atoms. The van der Waals surface area contributed by atoms with E-state index in [4.69, 9.17) is 5.11 Å². The molecular weight excluding hydrogens is 230 g/mol. The van der Waals surface area contributed by atoms with Crippen molar-refractivity contribution < 1.29 is 14.7 Å². The summed E-state index contributed by atoms with van der Waals surface area (Å²) in [5.41, 5.74) is -0.326. The van der Waals surface area contributed by atoms with Gasteiger partial charge in [0, 0.05) is 18.0 Å². The van der Waals surface area contributed by atoms with E-state index in [0.717, 1.165) is 19.3 Å². The molecule has 0 aliphatic heterocycles. The second kappa shape index (κ2) is 7.39. The first kappa shape index (κ1) is 16.9. The highest BCUT2D eigenvalue weighted by atomic mass is 16.4. The molecule has 0 aromatic rings. The van der Waals surface area contributed by atoms with Crippen LogP contribution >= 0.6 is 0 Å². The molecule has 4 heteroatoms. The number of hydrogen-bond donors (Lipinski definition) is 1. The van der Waals surface area contributed by atoms with E-state index in [-0.39, 0.29) is 30.3 Å². The van der Waals surface area contributed by atoms with Crippen LogP contribution < -0.4 is 0 Å². The van der Waals surface area contributed by atoms with E-state index in [1.165, 1.54) is 0 Å². The van der Waals surface area contributed by atoms with Crippen molar-refractivity contribution in [2.24, 2.45) is 5.92 Å². The van der Waals surface area contributed by atoms with Crippen molar-refractivity contribution >= 4 is 11.9 Å². The first-order valence-electron chi connectivity index (χ1n) is 6.73. The van der Waals surface area contributed by atoms with Gasteiger partial charge in [0.2, 0.25) is 5.91 Å². The topological polar surface area (TPSA) is 57.6 Å². The molecule has 0 aromatic carbocycles. The van der Waals surface area contributed by atoms with Gasteiger partial charge in [-0.2, -0.15) is 0 Å². The van der Waals surface area contributed by atoms with Crippen LogP contribution in [-0.2, 0) is 9.59 Å². The molecule has 0 rings (SSSR count). The fraction of sp³-hybridized carbons (Fsp3) is 0.857. The number of amides is 1. The molecule has 0 aliphatic carbocycles. The van der Waals surface area contributed by atoms with Crippen LogP contribution in [0.2, 0.25) is 0 Å². The Hall–Kier alpha value is -1.06. The zero-order valence-electron chi connectivity index (χ0n) is 12.3. The third kappa shape index (κ3) is 6.03. The van der Waals surface area contributed by atoms with Gasteiger partial charge < -0.3 is 10.0 Å². The minimum absolute atomic E-state index is 0.00348. The molecule has 0 aromatic heterocycles. The number of unbranched alkanes of at least 4 members (excludes halogenated alkanes) is 1. The molecule has 0 aliphatic rings. The van der Waals surface area contributed by atoms with Crippen LogP contribution in [0.4, 0.5) is 0 Å². The molecule has 4 nitrogen and oxygen atoms in total. The number of hydrogen-bond acceptors (Lipinski definition) is 2. The van der Waals surface area contributed by atoms with E-state index in [2.05, 4.69) is 6.92 Å². The number of carbonyl (C=O) groups excluding carboxylic acids is 1. The minimum atomic E-state index is -0.863. The summed E-state index contributed by atoms with van der Waals surface area (Å²) in [6, 6.07) is 0. The van der Waals surface area contributed by atoms with E-state index in [1.807, 2.05) is 27.7 Å². The Bertz CT molecular complexity index is 281. The van der Waals surface area contributed by atoms with Gasteiger partial charge >= 0.3 is 5.97 Å². The zero-order valence-corrected chi connectivity index (χ0v) is 12.3. The summed E-state index contributed by atoms with van der Waals surface area (Å²) in [5.74, 6) is -0.826. The van der Waals surface area contributed by atoms with Crippen LogP contribution in [-0.4, -0.2) is 34.0 Å². The summed E-state index contributed by atoms with van der Waals surface area (Å²) in [5, 5.41) is 8.75. The standard InChI is InChI=1S/C14H27NO3/c1-6-7-8-11(2)13(18)15(14(3,4)5)10-9-12(16)17/h11H,6-10H2,1-5H3,(H,16,17). The van der Waals surface area contributed by atoms with Crippen LogP contribution in [0.25, 0.3) is 0 Å². The molecule has 0 radical (unpaired) electrons. The number of aliphatic carboxylic acids is 1. The smallest absolute Gasteiger partial charge is 0.305 e. The summed E-state index contributed by atoms with van der Waals surface area (Å²) in [4.78, 5) is 24.7. The van der Waals surface area contributed by atoms with Crippen molar-refractivity contribution in [3.05, 3.63) is 0 Å². The average molecular weight is 257 g/mol. The zero-order chi connectivity index (χ0) is 14.3. The molecule has 0 saturated heterocycles. The number of rotatable bonds is 7. The van der Waals surface area contributed by atoms with Crippen molar-refractivity contribution in [2.75, 3.05) is 6.54 Å². The third-order valence-corrected chi connectivity index (χ3v) is 3.04. The number of carboxylic acids is 1. The van der Waals surface area contributed by atoms with Crippen molar-refractivity contribution in [1.29, 1.82) is 0 Å². The van der Waals surface area contributed by atoms with E-state index in [0.29, 0.717) is 0 Å². The number of carbonyl (C=O) groups is 2. The van der Waals surface area contributed by atoms with E-state index in [1.54, 1.807) is 4.90 Å². The summed E-state index contributed by atoms with van der Waals surface area (Å²) in [6.07, 6.45) is 2.98. The molecule has 0 saturated carbocycles. The summed E-state index contributed by atoms with van der Waals surface area (Å²) >= 11 is 0. The summed E-state index contributed by atoms with van der Waals surface area (Å²) in [7, 11) is 0. The Labute approximate surface area is 110 Å². The molecule has 0 bridgehead atoms. The molecular formula is C14H27NO3. The first-order valence-corrected chi connectivity index (χ1v) is 6.73. The normalized spacial score (nSPS) is 13.2. The van der Waals surface area contributed by atoms with Gasteiger partial charge in [-0.15, -0.1) is 0 Å². The molecule has 18 heavy (non-hydrogen) atoms. The Morgan fingerprint density at radius 3 is 2.22 bits per heavy atom. The Kier molecular flexibility index (Phi) is 6.96. The third-order valence-electron chi connectivity index (χ3n) is 3.04. The monoisotopic (exact) mass is 257 g/mol. The van der Waals surface area contributed by atoms with Gasteiger partial charge in [0.15, 0.2) is 0 Å². The quantitative estimate of drug-likeness (QED) is 0.763. The molecule has 0 heterocycles. The fourth-order valence-electron chi connectivity index (χ4n) is 1.88. The molecule has 1 N–H and O–H groups in total. The first-order chi connectivity index (χ1) is 8.20. The lowest BCUT2D eigenvalue weighted by Crippen LogP contribution is -2.48. The van der Waals surface area contributed by atoms with Crippen molar-refractivity contribution in [1.82, 2.24) is 4.90 Å². The number of carboxylic acid groups (broad SMARTS) is 1. The fourth-order valence-corrected chi connectivity index (χ4v) is 1.88. The predicted octanol–water partition coefficient (Wildman–Crippen LogP) is 2.91. The Morgan fingerprint density at radius 1 is 1.28 bits per heavy atom. The van der Waals surface area contributed by atoms with Crippen LogP contribution in [0.3, 0.4) is 0 Å². The Balaban J connectivity index is 4.64. The largest absolute Gasteiger partial charge is 0.481 e. The predicted molar refractivity (Wildman–Crippen MR) is 72.4 cm³/mol. The maximum absolute atomic E-state index is 12.3. The lowest BCUT2D eigenvalue weighted by Gasteiger charge is -2.37. The van der Waals surface area contributed by atoms with Gasteiger partial charge in [-0.05, 0) is 27.2 Å². The van der Waals surface area contributed by atoms with Crippen LogP contribution in [0.15, 0.2) is 0 Å². The van der Waals surface area contributed by atoms with Crippen molar-refractivity contribution in [3.8, 4) is 0 Å². The second-order valence-corrected chi connectivity index (χ2v) is 5.85. The van der Waals surface area contributed by atoms with E-state index < -0.39 is 5.97 Å². The van der Waals surface area contributed by atoms with Crippen LogP contribution in [0, 0.1) is 5.92 Å². The van der Waals surface area contributed by atoms with Gasteiger partial charge in [0.1, 0.15) is 0 Å². The van der Waals surface area contributed by atoms with Crippen LogP contribution in [0.1, 0.15) is 60.3 Å². The average Bonchev–Trinajstić information content (AvgIpc) is 2.23. The minimum Gasteiger partial charge on any atom is -0.481 e. The van der Waals surface area contributed by atoms with E-state index >= 15 is 0 Å². The van der Waals surface area contributed by atoms with E-state index in [9.17, 15) is 9.59 Å². The SMILES string of the molecule is CCCCC(C)C(=O)N(CCC(=O)O)C(C)(C)C. The molecule has 1 amide bonds. The highest BCUT2D eigenvalue weighted by Crippen LogP contribution is 2.20. The Morgan fingerprint density at radius 2 is 1.83 bits per heavy atom. The van der Waals surface area contributed by atoms with Gasteiger partial charge in [-0.1, -0.05) is 26.7 Å². The lowest BCUT2D eigenvalue weighted by atomic mass is 9.98. The number of nitrogens with zero attached hydrogens (tertiary/aromatic N) is 1. The maximum atomic E-state index is 12.3. The second-order valence-electron chi connectivity index (χ2n) is 5.85. The van der Waals surface area contributed by atoms with Gasteiger partial charge in [0.05, 0.1) is 6.42 Å². The van der Waals surface area contributed by atoms with Gasteiger partial charge in [-0.25, -0.2) is 0 Å². The van der Waals surface area contributed by atoms with Gasteiger partial charge in [0.25, 0.3) is 0 Å². The van der Waals surface area contributed by atoms with Gasteiger partial charge in [-0.3, -0.25) is 9.59 Å². The highest BCUT2D eigenvalue weighted by Gasteiger charge is 2.29. The van der Waals surface area contributed by atoms with Crippen molar-refractivity contribution in [2.45, 2.75) is 65.8 Å². The maximum Gasteiger partial charge on any atom is 0.305 e. The molecule has 106 valence electrons. The molecule has 1 unspecified atom stereocenters. The van der Waals surface area contributed by atoms with Crippen molar-refractivity contribution in [3.63, 3.8) is 0 Å².